The van der Waals surface area contributed by atoms with Gasteiger partial charge >= 0.3 is 0 Å². The van der Waals surface area contributed by atoms with Crippen LogP contribution in [0.25, 0.3) is 5.69 Å². The Labute approximate surface area is 96.7 Å². The average molecular weight is 231 g/mol. The molecule has 1 heterocycles. The lowest BCUT2D eigenvalue weighted by molar-refractivity contribution is -0.384. The summed E-state index contributed by atoms with van der Waals surface area (Å²) >= 11 is 0. The SMILES string of the molecule is Cc1ncc(C=O)n1-c1ccc([N+](=O)[O-])cc1. The average Bonchev–Trinajstić information content (AvgIpc) is 2.70. The van der Waals surface area contributed by atoms with Gasteiger partial charge in [0.15, 0.2) is 6.29 Å². The minimum absolute atomic E-state index is 0.0131. The first-order valence-corrected chi connectivity index (χ1v) is 4.88. The maximum atomic E-state index is 10.8. The van der Waals surface area contributed by atoms with Crippen LogP contribution in [0.2, 0.25) is 0 Å². The van der Waals surface area contributed by atoms with Gasteiger partial charge in [0, 0.05) is 17.8 Å². The van der Waals surface area contributed by atoms with E-state index in [2.05, 4.69) is 4.98 Å². The first-order chi connectivity index (χ1) is 8.13. The molecule has 6 heteroatoms. The lowest BCUT2D eigenvalue weighted by Gasteiger charge is -2.06. The van der Waals surface area contributed by atoms with Crippen LogP contribution in [-0.2, 0) is 0 Å². The second kappa shape index (κ2) is 4.17. The number of aldehydes is 1. The number of hydrogen-bond acceptors (Lipinski definition) is 4. The largest absolute Gasteiger partial charge is 0.296 e. The number of aryl methyl sites for hydroxylation is 1. The molecule has 0 saturated heterocycles. The van der Waals surface area contributed by atoms with Crippen LogP contribution in [0.3, 0.4) is 0 Å². The van der Waals surface area contributed by atoms with Gasteiger partial charge in [0.1, 0.15) is 11.5 Å². The van der Waals surface area contributed by atoms with Crippen molar-refractivity contribution in [2.75, 3.05) is 0 Å². The van der Waals surface area contributed by atoms with Crippen molar-refractivity contribution < 1.29 is 9.72 Å². The van der Waals surface area contributed by atoms with Crippen molar-refractivity contribution in [3.63, 3.8) is 0 Å². The highest BCUT2D eigenvalue weighted by molar-refractivity contribution is 5.73. The minimum Gasteiger partial charge on any atom is -0.296 e. The van der Waals surface area contributed by atoms with Gasteiger partial charge in [0.2, 0.25) is 0 Å². The Morgan fingerprint density at radius 3 is 2.53 bits per heavy atom. The minimum atomic E-state index is -0.467. The van der Waals surface area contributed by atoms with E-state index < -0.39 is 4.92 Å². The molecule has 0 spiro atoms. The van der Waals surface area contributed by atoms with E-state index >= 15 is 0 Å². The zero-order valence-corrected chi connectivity index (χ0v) is 9.03. The highest BCUT2D eigenvalue weighted by Gasteiger charge is 2.10. The molecule has 0 aliphatic carbocycles. The van der Waals surface area contributed by atoms with E-state index in [9.17, 15) is 14.9 Å². The van der Waals surface area contributed by atoms with Gasteiger partial charge in [-0.25, -0.2) is 4.98 Å². The monoisotopic (exact) mass is 231 g/mol. The number of non-ortho nitro benzene ring substituents is 1. The van der Waals surface area contributed by atoms with Gasteiger partial charge in [-0.15, -0.1) is 0 Å². The van der Waals surface area contributed by atoms with E-state index in [1.165, 1.54) is 18.3 Å². The smallest absolute Gasteiger partial charge is 0.269 e. The molecule has 17 heavy (non-hydrogen) atoms. The van der Waals surface area contributed by atoms with Gasteiger partial charge in [0.25, 0.3) is 5.69 Å². The molecule has 0 fully saturated rings. The van der Waals surface area contributed by atoms with Crippen LogP contribution in [0.5, 0.6) is 0 Å². The molecule has 2 aromatic rings. The number of nitro benzene ring substituents is 1. The van der Waals surface area contributed by atoms with E-state index in [0.717, 1.165) is 0 Å². The molecule has 1 aromatic heterocycles. The van der Waals surface area contributed by atoms with Gasteiger partial charge in [-0.3, -0.25) is 19.5 Å². The summed E-state index contributed by atoms with van der Waals surface area (Å²) in [5.74, 6) is 0.654. The number of carbonyl (C=O) groups excluding carboxylic acids is 1. The summed E-state index contributed by atoms with van der Waals surface area (Å²) in [6, 6.07) is 5.95. The summed E-state index contributed by atoms with van der Waals surface area (Å²) in [6.45, 7) is 1.76. The summed E-state index contributed by atoms with van der Waals surface area (Å²) in [7, 11) is 0. The standard InChI is InChI=1S/C11H9N3O3/c1-8-12-6-11(7-15)13(8)9-2-4-10(5-3-9)14(16)17/h2-7H,1H3. The van der Waals surface area contributed by atoms with Crippen molar-refractivity contribution in [1.82, 2.24) is 9.55 Å². The Morgan fingerprint density at radius 2 is 2.00 bits per heavy atom. The second-order valence-corrected chi connectivity index (χ2v) is 3.46. The number of rotatable bonds is 3. The van der Waals surface area contributed by atoms with Gasteiger partial charge in [-0.1, -0.05) is 0 Å². The van der Waals surface area contributed by atoms with Crippen LogP contribution in [0.15, 0.2) is 30.5 Å². The molecule has 0 aliphatic heterocycles. The molecule has 0 radical (unpaired) electrons. The normalized spacial score (nSPS) is 10.2. The number of nitro groups is 1. The number of imidazole rings is 1. The summed E-state index contributed by atoms with van der Waals surface area (Å²) in [5, 5.41) is 10.5. The molecule has 2 rings (SSSR count). The fraction of sp³-hybridized carbons (Fsp3) is 0.0909. The predicted molar refractivity (Wildman–Crippen MR) is 60.3 cm³/mol. The van der Waals surface area contributed by atoms with Crippen LogP contribution in [-0.4, -0.2) is 20.8 Å². The molecule has 86 valence electrons. The second-order valence-electron chi connectivity index (χ2n) is 3.46. The molecule has 0 unspecified atom stereocenters. The summed E-state index contributed by atoms with van der Waals surface area (Å²) < 4.78 is 1.64. The zero-order valence-electron chi connectivity index (χ0n) is 9.03. The van der Waals surface area contributed by atoms with E-state index in [4.69, 9.17) is 0 Å². The van der Waals surface area contributed by atoms with E-state index in [1.54, 1.807) is 23.6 Å². The number of benzene rings is 1. The van der Waals surface area contributed by atoms with Crippen LogP contribution >= 0.6 is 0 Å². The van der Waals surface area contributed by atoms with Crippen molar-refractivity contribution in [3.8, 4) is 5.69 Å². The number of nitrogens with zero attached hydrogens (tertiary/aromatic N) is 3. The van der Waals surface area contributed by atoms with Crippen molar-refractivity contribution in [2.24, 2.45) is 0 Å². The van der Waals surface area contributed by atoms with Gasteiger partial charge in [-0.2, -0.15) is 0 Å². The molecule has 0 atom stereocenters. The molecular weight excluding hydrogens is 222 g/mol. The van der Waals surface area contributed by atoms with E-state index in [1.807, 2.05) is 0 Å². The fourth-order valence-corrected chi connectivity index (χ4v) is 1.60. The molecule has 0 aliphatic rings. The molecule has 0 bridgehead atoms. The van der Waals surface area contributed by atoms with Crippen LogP contribution in [0.4, 0.5) is 5.69 Å². The van der Waals surface area contributed by atoms with Crippen molar-refractivity contribution in [2.45, 2.75) is 6.92 Å². The highest BCUT2D eigenvalue weighted by Crippen LogP contribution is 2.17. The topological polar surface area (TPSA) is 78.0 Å². The summed E-state index contributed by atoms with van der Waals surface area (Å²) in [5.41, 5.74) is 1.10. The maximum absolute atomic E-state index is 10.8. The van der Waals surface area contributed by atoms with Gasteiger partial charge in [0.05, 0.1) is 11.1 Å². The molecular formula is C11H9N3O3. The van der Waals surface area contributed by atoms with Crippen LogP contribution in [0, 0.1) is 17.0 Å². The third-order valence-electron chi connectivity index (χ3n) is 2.40. The molecule has 0 amide bonds. The van der Waals surface area contributed by atoms with E-state index in [-0.39, 0.29) is 5.69 Å². The van der Waals surface area contributed by atoms with E-state index in [0.29, 0.717) is 23.5 Å². The van der Waals surface area contributed by atoms with Gasteiger partial charge in [-0.05, 0) is 19.1 Å². The van der Waals surface area contributed by atoms with Gasteiger partial charge < -0.3 is 0 Å². The Balaban J connectivity index is 2.49. The Morgan fingerprint density at radius 1 is 1.35 bits per heavy atom. The highest BCUT2D eigenvalue weighted by atomic mass is 16.6. The van der Waals surface area contributed by atoms with Crippen LogP contribution < -0.4 is 0 Å². The van der Waals surface area contributed by atoms with Crippen molar-refractivity contribution in [1.29, 1.82) is 0 Å². The van der Waals surface area contributed by atoms with Crippen LogP contribution in [0.1, 0.15) is 16.3 Å². The first-order valence-electron chi connectivity index (χ1n) is 4.88. The summed E-state index contributed by atoms with van der Waals surface area (Å²) in [4.78, 5) is 24.9. The molecule has 0 N–H and O–H groups in total. The molecule has 6 nitrogen and oxygen atoms in total. The number of carbonyl (C=O) groups is 1. The Hall–Kier alpha value is -2.50. The quantitative estimate of drug-likeness (QED) is 0.459. The first kappa shape index (κ1) is 11.0. The Kier molecular flexibility index (Phi) is 2.70. The maximum Gasteiger partial charge on any atom is 0.269 e. The third-order valence-corrected chi connectivity index (χ3v) is 2.40. The predicted octanol–water partition coefficient (Wildman–Crippen LogP) is 1.90. The summed E-state index contributed by atoms with van der Waals surface area (Å²) in [6.07, 6.45) is 2.16. The fourth-order valence-electron chi connectivity index (χ4n) is 1.60. The third kappa shape index (κ3) is 1.92. The number of aromatic nitrogens is 2. The zero-order chi connectivity index (χ0) is 12.4. The molecule has 0 saturated carbocycles. The molecule has 1 aromatic carbocycles. The lowest BCUT2D eigenvalue weighted by Crippen LogP contribution is -2.01. The lowest BCUT2D eigenvalue weighted by atomic mass is 10.2. The number of hydrogen-bond donors (Lipinski definition) is 0. The van der Waals surface area contributed by atoms with Crippen molar-refractivity contribution >= 4 is 12.0 Å². The Bertz CT molecular complexity index is 572. The van der Waals surface area contributed by atoms with Crippen molar-refractivity contribution in [3.05, 3.63) is 52.1 Å².